The Morgan fingerprint density at radius 2 is 0.979 bits per heavy atom. The molecular weight excluding hydrogens is 678 g/mol. The van der Waals surface area contributed by atoms with E-state index in [9.17, 15) is 9.59 Å². The molecule has 0 unspecified atom stereocenters. The number of hydrogen-bond donors (Lipinski definition) is 2. The van der Waals surface area contributed by atoms with E-state index in [4.69, 9.17) is 25.2 Å². The standard InChI is InChI=1S/C31H35N3.C7H5NO4.Ru/c1-16-20-14-22(30(20,3)4)18-10-12-26(33-28(16)18)24-8-7-9-25(32-24)27-13-11-19-23-15-21(31(23,5)6)17(2)29(19)34-27;9-6(10)4-2-1-3-5(8-4)7(11)12;/h7-13,16-17,20-23H,14-15H2,1-6H3;1-3H,(H,9,10)(H,11,12);/t16-,17-,20+,21+,22-,23-;;/m1../s1. The SMILES string of the molecule is C[C@H]1c2nc(-c3cccc(-c4ccc5c(n4)[C@H](C)[C@@H]4C[C@H]5C4(C)C)n3)ccc2[C@H]2C[C@@H]1C2(C)C.O=C(O)c1cccc(C(=O)O)n1.[Ru]. The first kappa shape index (κ1) is 33.1. The summed E-state index contributed by atoms with van der Waals surface area (Å²) < 4.78 is 0. The van der Waals surface area contributed by atoms with Crippen LogP contribution < -0.4 is 0 Å². The van der Waals surface area contributed by atoms with Crippen LogP contribution in [0, 0.1) is 22.7 Å². The number of aromatic nitrogens is 4. The van der Waals surface area contributed by atoms with E-state index in [0.29, 0.717) is 34.5 Å². The van der Waals surface area contributed by atoms with Crippen LogP contribution in [0.15, 0.2) is 60.7 Å². The second-order valence-electron chi connectivity index (χ2n) is 14.8. The van der Waals surface area contributed by atoms with Crippen LogP contribution in [0.4, 0.5) is 0 Å². The number of hydrogen-bond acceptors (Lipinski definition) is 6. The van der Waals surface area contributed by atoms with E-state index in [2.05, 4.69) is 89.0 Å². The summed E-state index contributed by atoms with van der Waals surface area (Å²) in [4.78, 5) is 39.4. The Morgan fingerprint density at radius 1 is 0.596 bits per heavy atom. The van der Waals surface area contributed by atoms with Crippen molar-refractivity contribution in [2.24, 2.45) is 22.7 Å². The van der Waals surface area contributed by atoms with Crippen LogP contribution in [-0.4, -0.2) is 42.1 Å². The van der Waals surface area contributed by atoms with Crippen molar-refractivity contribution in [3.63, 3.8) is 0 Å². The number of pyridine rings is 4. The van der Waals surface area contributed by atoms with Crippen LogP contribution in [0.3, 0.4) is 0 Å². The van der Waals surface area contributed by atoms with Crippen LogP contribution in [0.5, 0.6) is 0 Å². The molecule has 4 heterocycles. The molecule has 2 fully saturated rings. The molecule has 2 N–H and O–H groups in total. The van der Waals surface area contributed by atoms with Crippen LogP contribution in [-0.2, 0) is 19.5 Å². The molecule has 6 atom stereocenters. The van der Waals surface area contributed by atoms with Crippen LogP contribution in [0.25, 0.3) is 22.8 Å². The zero-order chi connectivity index (χ0) is 32.7. The molecule has 0 spiro atoms. The molecule has 6 aliphatic rings. The van der Waals surface area contributed by atoms with E-state index >= 15 is 0 Å². The van der Waals surface area contributed by atoms with E-state index in [1.165, 1.54) is 53.6 Å². The Morgan fingerprint density at radius 3 is 1.36 bits per heavy atom. The Hall–Kier alpha value is -3.84. The van der Waals surface area contributed by atoms with Crippen LogP contribution in [0.1, 0.15) is 122 Å². The molecule has 0 radical (unpaired) electrons. The van der Waals surface area contributed by atoms with Crippen molar-refractivity contribution < 1.29 is 39.3 Å². The summed E-state index contributed by atoms with van der Waals surface area (Å²) in [7, 11) is 0. The predicted octanol–water partition coefficient (Wildman–Crippen LogP) is 8.17. The molecule has 6 aliphatic carbocycles. The van der Waals surface area contributed by atoms with Gasteiger partial charge in [0.05, 0.1) is 22.8 Å². The number of rotatable bonds is 4. The van der Waals surface area contributed by atoms with Crippen molar-refractivity contribution in [2.45, 2.75) is 78.1 Å². The Balaban J connectivity index is 0.000000254. The molecule has 0 aliphatic heterocycles. The molecule has 0 amide bonds. The predicted molar refractivity (Wildman–Crippen MR) is 175 cm³/mol. The van der Waals surface area contributed by atoms with Crippen molar-refractivity contribution in [3.05, 3.63) is 94.6 Å². The van der Waals surface area contributed by atoms with Crippen molar-refractivity contribution >= 4 is 11.9 Å². The third kappa shape index (κ3) is 5.22. The van der Waals surface area contributed by atoms with E-state index in [1.54, 1.807) is 0 Å². The van der Waals surface area contributed by atoms with E-state index < -0.39 is 11.9 Å². The van der Waals surface area contributed by atoms with Crippen molar-refractivity contribution in [1.82, 2.24) is 19.9 Å². The molecule has 4 aromatic rings. The van der Waals surface area contributed by atoms with Crippen LogP contribution in [0.2, 0.25) is 0 Å². The molecule has 0 saturated heterocycles. The Labute approximate surface area is 288 Å². The fourth-order valence-corrected chi connectivity index (χ4v) is 9.02. The first-order valence-electron chi connectivity index (χ1n) is 16.2. The fourth-order valence-electron chi connectivity index (χ4n) is 9.02. The summed E-state index contributed by atoms with van der Waals surface area (Å²) >= 11 is 0. The second-order valence-corrected chi connectivity index (χ2v) is 14.8. The van der Waals surface area contributed by atoms with Gasteiger partial charge in [0, 0.05) is 42.7 Å². The minimum absolute atomic E-state index is 0. The van der Waals surface area contributed by atoms with Gasteiger partial charge < -0.3 is 10.2 Å². The molecule has 2 saturated carbocycles. The monoisotopic (exact) mass is 718 g/mol. The third-order valence-corrected chi connectivity index (χ3v) is 11.9. The summed E-state index contributed by atoms with van der Waals surface area (Å²) in [5.41, 5.74) is 9.66. The average molecular weight is 718 g/mol. The van der Waals surface area contributed by atoms with Gasteiger partial charge in [0.25, 0.3) is 0 Å². The zero-order valence-corrected chi connectivity index (χ0v) is 29.2. The molecule has 47 heavy (non-hydrogen) atoms. The summed E-state index contributed by atoms with van der Waals surface area (Å²) in [6.45, 7) is 14.5. The van der Waals surface area contributed by atoms with Gasteiger partial charge in [-0.1, -0.05) is 65.8 Å². The Bertz CT molecular complexity index is 1780. The smallest absolute Gasteiger partial charge is 0.354 e. The van der Waals surface area contributed by atoms with Crippen molar-refractivity contribution in [2.75, 3.05) is 0 Å². The first-order chi connectivity index (χ1) is 21.8. The average Bonchev–Trinajstić information content (AvgIpc) is 3.04. The van der Waals surface area contributed by atoms with Crippen molar-refractivity contribution in [1.29, 1.82) is 0 Å². The topological polar surface area (TPSA) is 126 Å². The number of carboxylic acid groups (broad SMARTS) is 2. The minimum atomic E-state index is -1.24. The maximum absolute atomic E-state index is 10.3. The quantitative estimate of drug-likeness (QED) is 0.203. The number of nitrogens with zero attached hydrogens (tertiary/aromatic N) is 4. The molecule has 244 valence electrons. The molecule has 4 aromatic heterocycles. The first-order valence-corrected chi connectivity index (χ1v) is 16.2. The second kappa shape index (κ2) is 11.7. The van der Waals surface area contributed by atoms with Crippen molar-refractivity contribution in [3.8, 4) is 22.8 Å². The van der Waals surface area contributed by atoms with Gasteiger partial charge in [-0.3, -0.25) is 9.97 Å². The molecule has 8 nitrogen and oxygen atoms in total. The molecule has 10 rings (SSSR count). The summed E-state index contributed by atoms with van der Waals surface area (Å²) in [5, 5.41) is 16.9. The van der Waals surface area contributed by atoms with E-state index in [1.807, 2.05) is 0 Å². The molecule has 9 heteroatoms. The fraction of sp³-hybridized carbons (Fsp3) is 0.421. The number of carboxylic acids is 2. The molecular formula is C38H40N4O4Ru. The zero-order valence-electron chi connectivity index (χ0n) is 27.5. The van der Waals surface area contributed by atoms with Gasteiger partial charge in [-0.05, 0) is 94.9 Å². The summed E-state index contributed by atoms with van der Waals surface area (Å²) in [5.74, 6) is 1.34. The largest absolute Gasteiger partial charge is 0.477 e. The Kier molecular flexibility index (Phi) is 8.23. The van der Waals surface area contributed by atoms with Gasteiger partial charge in [-0.25, -0.2) is 19.6 Å². The van der Waals surface area contributed by atoms with Gasteiger partial charge >= 0.3 is 11.9 Å². The third-order valence-electron chi connectivity index (χ3n) is 11.9. The van der Waals surface area contributed by atoms with Gasteiger partial charge in [0.1, 0.15) is 11.4 Å². The number of aromatic carboxylic acids is 2. The number of carbonyl (C=O) groups is 2. The van der Waals surface area contributed by atoms with Gasteiger partial charge in [-0.15, -0.1) is 0 Å². The van der Waals surface area contributed by atoms with Gasteiger partial charge in [0.15, 0.2) is 0 Å². The minimum Gasteiger partial charge on any atom is -0.477 e. The van der Waals surface area contributed by atoms with E-state index in [0.717, 1.165) is 34.6 Å². The maximum atomic E-state index is 10.3. The van der Waals surface area contributed by atoms with Gasteiger partial charge in [0.2, 0.25) is 0 Å². The van der Waals surface area contributed by atoms with E-state index in [-0.39, 0.29) is 30.9 Å². The summed E-state index contributed by atoms with van der Waals surface area (Å²) in [6, 6.07) is 19.1. The molecule has 4 bridgehead atoms. The normalized spacial score (nSPS) is 26.4. The maximum Gasteiger partial charge on any atom is 0.354 e. The molecule has 0 aromatic carbocycles. The van der Waals surface area contributed by atoms with Crippen LogP contribution >= 0.6 is 0 Å². The summed E-state index contributed by atoms with van der Waals surface area (Å²) in [6.07, 6.45) is 2.63. The van der Waals surface area contributed by atoms with Gasteiger partial charge in [-0.2, -0.15) is 0 Å².